The van der Waals surface area contributed by atoms with Gasteiger partial charge in [0.25, 0.3) is 0 Å². The molecule has 2 rings (SSSR count). The van der Waals surface area contributed by atoms with Gasteiger partial charge in [0.05, 0.1) is 6.33 Å². The van der Waals surface area contributed by atoms with Crippen molar-refractivity contribution >= 4 is 21.7 Å². The summed E-state index contributed by atoms with van der Waals surface area (Å²) in [5.41, 5.74) is 2.45. The van der Waals surface area contributed by atoms with E-state index in [9.17, 15) is 0 Å². The summed E-state index contributed by atoms with van der Waals surface area (Å²) < 4.78 is 2.22. The van der Waals surface area contributed by atoms with Gasteiger partial charge in [-0.05, 0) is 31.7 Å². The molecule has 0 fully saturated rings. The zero-order valence-corrected chi connectivity index (χ0v) is 8.35. The molecule has 0 aliphatic carbocycles. The monoisotopic (exact) mass is 180 g/mol. The van der Waals surface area contributed by atoms with Crippen molar-refractivity contribution in [2.24, 2.45) is 0 Å². The van der Waals surface area contributed by atoms with Gasteiger partial charge in [-0.1, -0.05) is 0 Å². The average molecular weight is 180 g/mol. The maximum absolute atomic E-state index is 4.37. The summed E-state index contributed by atoms with van der Waals surface area (Å²) in [5.74, 6) is 0. The first kappa shape index (κ1) is 7.80. The van der Waals surface area contributed by atoms with Crippen LogP contribution in [0.4, 0.5) is 0 Å². The largest absolute Gasteiger partial charge is 0.320 e. The minimum atomic E-state index is 0.507. The highest BCUT2D eigenvalue weighted by molar-refractivity contribution is 7.16. The lowest BCUT2D eigenvalue weighted by molar-refractivity contribution is 0.620. The highest BCUT2D eigenvalue weighted by Gasteiger charge is 2.08. The van der Waals surface area contributed by atoms with E-state index in [1.54, 1.807) is 11.3 Å². The lowest BCUT2D eigenvalue weighted by atomic mass is 10.3. The molecule has 0 spiro atoms. The quantitative estimate of drug-likeness (QED) is 0.659. The number of thiophene rings is 1. The van der Waals surface area contributed by atoms with Crippen molar-refractivity contribution in [2.75, 3.05) is 0 Å². The Kier molecular flexibility index (Phi) is 1.68. The van der Waals surface area contributed by atoms with Crippen LogP contribution in [0.5, 0.6) is 0 Å². The molecule has 0 aliphatic rings. The highest BCUT2D eigenvalue weighted by Crippen LogP contribution is 2.26. The van der Waals surface area contributed by atoms with Crippen molar-refractivity contribution in [1.29, 1.82) is 0 Å². The number of aromatic nitrogens is 2. The molecule has 2 heterocycles. The minimum absolute atomic E-state index is 0.507. The number of aryl methyl sites for hydroxylation is 1. The fourth-order valence-corrected chi connectivity index (χ4v) is 2.41. The molecule has 0 unspecified atom stereocenters. The molecular weight excluding hydrogens is 168 g/mol. The molecule has 0 aromatic carbocycles. The Morgan fingerprint density at radius 2 is 2.25 bits per heavy atom. The molecule has 0 amide bonds. The van der Waals surface area contributed by atoms with Gasteiger partial charge < -0.3 is 4.57 Å². The molecule has 0 saturated heterocycles. The summed E-state index contributed by atoms with van der Waals surface area (Å²) in [5, 5.41) is 2.16. The van der Waals surface area contributed by atoms with E-state index in [-0.39, 0.29) is 0 Å². The van der Waals surface area contributed by atoms with Crippen LogP contribution in [0, 0.1) is 6.92 Å². The van der Waals surface area contributed by atoms with Gasteiger partial charge in [-0.25, -0.2) is 4.98 Å². The Bertz CT molecular complexity index is 397. The number of nitrogens with zero attached hydrogens (tertiary/aromatic N) is 2. The molecule has 0 aliphatic heterocycles. The van der Waals surface area contributed by atoms with Crippen LogP contribution in [-0.4, -0.2) is 9.55 Å². The zero-order chi connectivity index (χ0) is 8.72. The molecule has 0 saturated carbocycles. The fraction of sp³-hybridized carbons (Fsp3) is 0.444. The smallest absolute Gasteiger partial charge is 0.123 e. The number of hydrogen-bond donors (Lipinski definition) is 0. The van der Waals surface area contributed by atoms with Crippen molar-refractivity contribution in [3.8, 4) is 0 Å². The van der Waals surface area contributed by atoms with Crippen LogP contribution in [0.25, 0.3) is 10.3 Å². The first-order valence-electron chi connectivity index (χ1n) is 4.11. The van der Waals surface area contributed by atoms with Gasteiger partial charge in [0.15, 0.2) is 0 Å². The normalized spacial score (nSPS) is 11.7. The van der Waals surface area contributed by atoms with Gasteiger partial charge in [-0.15, -0.1) is 11.3 Å². The fourth-order valence-electron chi connectivity index (χ4n) is 1.30. The Hall–Kier alpha value is -0.830. The molecular formula is C9H12N2S. The van der Waals surface area contributed by atoms with Gasteiger partial charge in [0.2, 0.25) is 0 Å². The van der Waals surface area contributed by atoms with E-state index in [0.717, 1.165) is 5.52 Å². The third-order valence-corrected chi connectivity index (χ3v) is 3.12. The molecule has 0 radical (unpaired) electrons. The average Bonchev–Trinajstić information content (AvgIpc) is 2.53. The van der Waals surface area contributed by atoms with Crippen LogP contribution in [0.15, 0.2) is 11.7 Å². The van der Waals surface area contributed by atoms with E-state index in [1.165, 1.54) is 10.4 Å². The van der Waals surface area contributed by atoms with Crippen LogP contribution in [0.3, 0.4) is 0 Å². The van der Waals surface area contributed by atoms with Crippen LogP contribution >= 0.6 is 11.3 Å². The Morgan fingerprint density at radius 1 is 1.50 bits per heavy atom. The SMILES string of the molecule is Cc1csc2c1ncn2C(C)C. The Labute approximate surface area is 75.9 Å². The molecule has 12 heavy (non-hydrogen) atoms. The molecule has 3 heteroatoms. The lowest BCUT2D eigenvalue weighted by Gasteiger charge is -2.04. The van der Waals surface area contributed by atoms with Gasteiger partial charge in [-0.2, -0.15) is 0 Å². The molecule has 2 aromatic rings. The van der Waals surface area contributed by atoms with Crippen molar-refractivity contribution in [2.45, 2.75) is 26.8 Å². The number of fused-ring (bicyclic) bond motifs is 1. The van der Waals surface area contributed by atoms with Crippen LogP contribution in [-0.2, 0) is 0 Å². The third kappa shape index (κ3) is 0.966. The predicted molar refractivity (Wildman–Crippen MR) is 52.7 cm³/mol. The summed E-state index contributed by atoms with van der Waals surface area (Å²) in [6.45, 7) is 6.46. The topological polar surface area (TPSA) is 17.8 Å². The minimum Gasteiger partial charge on any atom is -0.320 e. The molecule has 0 N–H and O–H groups in total. The van der Waals surface area contributed by atoms with E-state index in [4.69, 9.17) is 0 Å². The van der Waals surface area contributed by atoms with Crippen LogP contribution < -0.4 is 0 Å². The Balaban J connectivity index is 2.71. The maximum atomic E-state index is 4.37. The van der Waals surface area contributed by atoms with Gasteiger partial charge >= 0.3 is 0 Å². The van der Waals surface area contributed by atoms with Crippen molar-refractivity contribution in [1.82, 2.24) is 9.55 Å². The van der Waals surface area contributed by atoms with Crippen LogP contribution in [0.2, 0.25) is 0 Å². The second-order valence-corrected chi connectivity index (χ2v) is 4.18. The number of rotatable bonds is 1. The standard InChI is InChI=1S/C9H12N2S/c1-6(2)11-5-10-8-7(3)4-12-9(8)11/h4-6H,1-3H3. The van der Waals surface area contributed by atoms with Crippen LogP contribution in [0.1, 0.15) is 25.5 Å². The van der Waals surface area contributed by atoms with E-state index >= 15 is 0 Å². The zero-order valence-electron chi connectivity index (χ0n) is 7.53. The summed E-state index contributed by atoms with van der Waals surface area (Å²) in [6.07, 6.45) is 1.93. The Morgan fingerprint density at radius 3 is 2.92 bits per heavy atom. The first-order valence-corrected chi connectivity index (χ1v) is 4.98. The highest BCUT2D eigenvalue weighted by atomic mass is 32.1. The molecule has 64 valence electrons. The van der Waals surface area contributed by atoms with Gasteiger partial charge in [0.1, 0.15) is 10.3 Å². The van der Waals surface area contributed by atoms with E-state index in [1.807, 2.05) is 6.33 Å². The van der Waals surface area contributed by atoms with Gasteiger partial charge in [0, 0.05) is 6.04 Å². The van der Waals surface area contributed by atoms with E-state index in [0.29, 0.717) is 6.04 Å². The van der Waals surface area contributed by atoms with E-state index in [2.05, 4.69) is 35.7 Å². The molecule has 0 bridgehead atoms. The predicted octanol–water partition coefficient (Wildman–Crippen LogP) is 2.99. The second-order valence-electron chi connectivity index (χ2n) is 3.32. The summed E-state index contributed by atoms with van der Waals surface area (Å²) in [7, 11) is 0. The molecule has 2 nitrogen and oxygen atoms in total. The van der Waals surface area contributed by atoms with Crippen molar-refractivity contribution in [3.05, 3.63) is 17.3 Å². The summed E-state index contributed by atoms with van der Waals surface area (Å²) in [6, 6.07) is 0.507. The third-order valence-electron chi connectivity index (χ3n) is 2.03. The number of imidazole rings is 1. The summed E-state index contributed by atoms with van der Waals surface area (Å²) >= 11 is 1.78. The second kappa shape index (κ2) is 2.59. The lowest BCUT2D eigenvalue weighted by Crippen LogP contribution is -1.96. The van der Waals surface area contributed by atoms with E-state index < -0.39 is 0 Å². The van der Waals surface area contributed by atoms with Gasteiger partial charge in [-0.3, -0.25) is 0 Å². The van der Waals surface area contributed by atoms with Crippen molar-refractivity contribution in [3.63, 3.8) is 0 Å². The maximum Gasteiger partial charge on any atom is 0.123 e. The molecule has 0 atom stereocenters. The molecule has 2 aromatic heterocycles. The first-order chi connectivity index (χ1) is 5.70. The number of hydrogen-bond acceptors (Lipinski definition) is 2. The van der Waals surface area contributed by atoms with Crippen molar-refractivity contribution < 1.29 is 0 Å². The summed E-state index contributed by atoms with van der Waals surface area (Å²) in [4.78, 5) is 5.67.